The summed E-state index contributed by atoms with van der Waals surface area (Å²) in [4.78, 5) is 20.3. The van der Waals surface area contributed by atoms with Crippen LogP contribution >= 0.6 is 0 Å². The van der Waals surface area contributed by atoms with Crippen LogP contribution in [0.3, 0.4) is 0 Å². The number of nitrogens with one attached hydrogen (secondary N) is 2. The van der Waals surface area contributed by atoms with Gasteiger partial charge >= 0.3 is 0 Å². The summed E-state index contributed by atoms with van der Waals surface area (Å²) in [5, 5.41) is 5.84. The Morgan fingerprint density at radius 1 is 1.22 bits per heavy atom. The van der Waals surface area contributed by atoms with Crippen molar-refractivity contribution < 1.29 is 4.79 Å². The zero-order valence-corrected chi connectivity index (χ0v) is 10.3. The number of para-hydroxylation sites is 2. The summed E-state index contributed by atoms with van der Waals surface area (Å²) in [5.41, 5.74) is 1.89. The number of nitrogens with zero attached hydrogens (tertiary/aromatic N) is 2. The molecule has 0 saturated carbocycles. The first-order chi connectivity index (χ1) is 8.81. The molecule has 2 rings (SSSR count). The van der Waals surface area contributed by atoms with Crippen LogP contribution < -0.4 is 10.6 Å². The fourth-order valence-corrected chi connectivity index (χ4v) is 1.62. The van der Waals surface area contributed by atoms with Gasteiger partial charge < -0.3 is 10.6 Å². The quantitative estimate of drug-likeness (QED) is 0.769. The van der Waals surface area contributed by atoms with Crippen molar-refractivity contribution in [3.05, 3.63) is 36.2 Å². The van der Waals surface area contributed by atoms with Gasteiger partial charge in [0.25, 0.3) is 5.91 Å². The Balaban J connectivity index is 2.04. The molecule has 1 amide bonds. The number of rotatable bonds is 5. The largest absolute Gasteiger partial charge is 0.351 e. The number of hydrogen-bond acceptors (Lipinski definition) is 4. The molecule has 94 valence electrons. The molecule has 0 bridgehead atoms. The van der Waals surface area contributed by atoms with Crippen molar-refractivity contribution in [2.24, 2.45) is 0 Å². The Bertz CT molecular complexity index is 541. The number of carbonyl (C=O) groups is 1. The lowest BCUT2D eigenvalue weighted by Crippen LogP contribution is -2.27. The lowest BCUT2D eigenvalue weighted by molar-refractivity contribution is 0.0948. The van der Waals surface area contributed by atoms with Crippen molar-refractivity contribution in [3.8, 4) is 0 Å². The summed E-state index contributed by atoms with van der Waals surface area (Å²) in [7, 11) is 1.89. The van der Waals surface area contributed by atoms with E-state index in [0.717, 1.165) is 24.0 Å². The third-order valence-corrected chi connectivity index (χ3v) is 2.57. The molecule has 0 aliphatic carbocycles. The minimum absolute atomic E-state index is 0.177. The summed E-state index contributed by atoms with van der Waals surface area (Å²) in [6.07, 6.45) is 2.40. The van der Waals surface area contributed by atoms with Crippen molar-refractivity contribution in [3.63, 3.8) is 0 Å². The molecule has 0 radical (unpaired) electrons. The average Bonchev–Trinajstić information content (AvgIpc) is 2.43. The Morgan fingerprint density at radius 3 is 2.78 bits per heavy atom. The smallest absolute Gasteiger partial charge is 0.271 e. The third kappa shape index (κ3) is 3.01. The number of fused-ring (bicyclic) bond motifs is 1. The van der Waals surface area contributed by atoms with Gasteiger partial charge in [0.15, 0.2) is 0 Å². The average molecular weight is 244 g/mol. The zero-order chi connectivity index (χ0) is 12.8. The molecule has 1 heterocycles. The van der Waals surface area contributed by atoms with Crippen LogP contribution in [0.1, 0.15) is 16.9 Å². The summed E-state index contributed by atoms with van der Waals surface area (Å²) >= 11 is 0. The number of benzene rings is 1. The minimum atomic E-state index is -0.177. The first-order valence-electron chi connectivity index (χ1n) is 5.96. The van der Waals surface area contributed by atoms with Crippen molar-refractivity contribution >= 4 is 16.9 Å². The molecule has 5 nitrogen and oxygen atoms in total. The van der Waals surface area contributed by atoms with Gasteiger partial charge in [-0.3, -0.25) is 9.78 Å². The van der Waals surface area contributed by atoms with Crippen LogP contribution in [0.2, 0.25) is 0 Å². The lowest BCUT2D eigenvalue weighted by Gasteiger charge is -2.04. The van der Waals surface area contributed by atoms with Gasteiger partial charge in [-0.05, 0) is 32.1 Å². The number of hydrogen-bond donors (Lipinski definition) is 2. The van der Waals surface area contributed by atoms with Gasteiger partial charge in [0.05, 0.1) is 17.2 Å². The Morgan fingerprint density at radius 2 is 2.00 bits per heavy atom. The van der Waals surface area contributed by atoms with Crippen LogP contribution in [0.15, 0.2) is 30.5 Å². The van der Waals surface area contributed by atoms with E-state index < -0.39 is 0 Å². The van der Waals surface area contributed by atoms with Crippen molar-refractivity contribution in [2.45, 2.75) is 6.42 Å². The number of carbonyl (C=O) groups excluding carboxylic acids is 1. The first-order valence-corrected chi connectivity index (χ1v) is 5.96. The predicted molar refractivity (Wildman–Crippen MR) is 70.4 cm³/mol. The van der Waals surface area contributed by atoms with Crippen LogP contribution in [0, 0.1) is 0 Å². The summed E-state index contributed by atoms with van der Waals surface area (Å²) in [6.45, 7) is 1.51. The van der Waals surface area contributed by atoms with E-state index in [-0.39, 0.29) is 5.91 Å². The van der Waals surface area contributed by atoms with E-state index in [2.05, 4.69) is 20.6 Å². The van der Waals surface area contributed by atoms with E-state index in [1.807, 2.05) is 31.3 Å². The van der Waals surface area contributed by atoms with Crippen molar-refractivity contribution in [2.75, 3.05) is 20.1 Å². The normalized spacial score (nSPS) is 10.5. The van der Waals surface area contributed by atoms with Crippen molar-refractivity contribution in [1.82, 2.24) is 20.6 Å². The summed E-state index contributed by atoms with van der Waals surface area (Å²) in [5.74, 6) is -0.177. The maximum atomic E-state index is 11.8. The monoisotopic (exact) mass is 244 g/mol. The summed E-state index contributed by atoms with van der Waals surface area (Å²) < 4.78 is 0. The molecule has 0 aliphatic rings. The molecule has 0 saturated heterocycles. The molecule has 0 atom stereocenters. The van der Waals surface area contributed by atoms with E-state index in [4.69, 9.17) is 0 Å². The number of amides is 1. The molecular weight excluding hydrogens is 228 g/mol. The molecule has 2 aromatic rings. The van der Waals surface area contributed by atoms with E-state index in [1.54, 1.807) is 0 Å². The molecule has 0 aliphatic heterocycles. The van der Waals surface area contributed by atoms with Crippen LogP contribution in [0.5, 0.6) is 0 Å². The fraction of sp³-hybridized carbons (Fsp3) is 0.308. The fourth-order valence-electron chi connectivity index (χ4n) is 1.62. The minimum Gasteiger partial charge on any atom is -0.351 e. The lowest BCUT2D eigenvalue weighted by atomic mass is 10.3. The maximum absolute atomic E-state index is 11.8. The van der Waals surface area contributed by atoms with Crippen LogP contribution in [-0.2, 0) is 0 Å². The Kier molecular flexibility index (Phi) is 4.20. The molecule has 0 spiro atoms. The highest BCUT2D eigenvalue weighted by molar-refractivity contribution is 5.93. The van der Waals surface area contributed by atoms with E-state index in [9.17, 15) is 4.79 Å². The molecule has 0 fully saturated rings. The van der Waals surface area contributed by atoms with Gasteiger partial charge in [-0.25, -0.2) is 4.98 Å². The van der Waals surface area contributed by atoms with Gasteiger partial charge in [0.1, 0.15) is 5.69 Å². The third-order valence-electron chi connectivity index (χ3n) is 2.57. The second-order valence-electron chi connectivity index (χ2n) is 3.96. The Hall–Kier alpha value is -2.01. The van der Waals surface area contributed by atoms with Crippen molar-refractivity contribution in [1.29, 1.82) is 0 Å². The molecule has 0 unspecified atom stereocenters. The number of aromatic nitrogens is 2. The molecule has 1 aromatic heterocycles. The van der Waals surface area contributed by atoms with Gasteiger partial charge in [0.2, 0.25) is 0 Å². The maximum Gasteiger partial charge on any atom is 0.271 e. The summed E-state index contributed by atoms with van der Waals surface area (Å²) in [6, 6.07) is 7.50. The van der Waals surface area contributed by atoms with Gasteiger partial charge in [-0.1, -0.05) is 12.1 Å². The molecule has 1 aromatic carbocycles. The van der Waals surface area contributed by atoms with Gasteiger partial charge in [0, 0.05) is 6.54 Å². The Labute approximate surface area is 106 Å². The van der Waals surface area contributed by atoms with Crippen LogP contribution in [-0.4, -0.2) is 36.0 Å². The molecule has 2 N–H and O–H groups in total. The highest BCUT2D eigenvalue weighted by atomic mass is 16.1. The first kappa shape index (κ1) is 12.4. The standard InChI is InChI=1S/C13H16N4O/c1-14-7-4-8-15-13(18)12-9-16-10-5-2-3-6-11(10)17-12/h2-3,5-6,9,14H,4,7-8H2,1H3,(H,15,18). The highest BCUT2D eigenvalue weighted by Crippen LogP contribution is 2.08. The molecular formula is C13H16N4O. The van der Waals surface area contributed by atoms with E-state index in [0.29, 0.717) is 12.2 Å². The SMILES string of the molecule is CNCCCNC(=O)c1cnc2ccccc2n1. The predicted octanol–water partition coefficient (Wildman–Crippen LogP) is 0.969. The molecule has 18 heavy (non-hydrogen) atoms. The highest BCUT2D eigenvalue weighted by Gasteiger charge is 2.07. The van der Waals surface area contributed by atoms with Crippen LogP contribution in [0.4, 0.5) is 0 Å². The topological polar surface area (TPSA) is 66.9 Å². The van der Waals surface area contributed by atoms with Crippen LogP contribution in [0.25, 0.3) is 11.0 Å². The van der Waals surface area contributed by atoms with Gasteiger partial charge in [-0.2, -0.15) is 0 Å². The zero-order valence-electron chi connectivity index (χ0n) is 10.3. The van der Waals surface area contributed by atoms with Gasteiger partial charge in [-0.15, -0.1) is 0 Å². The van der Waals surface area contributed by atoms with E-state index >= 15 is 0 Å². The molecule has 5 heteroatoms. The second kappa shape index (κ2) is 6.07. The van der Waals surface area contributed by atoms with E-state index in [1.165, 1.54) is 6.20 Å². The second-order valence-corrected chi connectivity index (χ2v) is 3.96.